The maximum absolute atomic E-state index is 12.7. The van der Waals surface area contributed by atoms with Gasteiger partial charge in [-0.2, -0.15) is 0 Å². The lowest BCUT2D eigenvalue weighted by Gasteiger charge is -2.18. The largest absolute Gasteiger partial charge is 0.454 e. The summed E-state index contributed by atoms with van der Waals surface area (Å²) in [4.78, 5) is 19.3. The minimum Gasteiger partial charge on any atom is -0.454 e. The molecule has 6 nitrogen and oxygen atoms in total. The molecule has 2 aliphatic heterocycles. The van der Waals surface area contributed by atoms with Gasteiger partial charge in [0.15, 0.2) is 11.5 Å². The second kappa shape index (κ2) is 8.45. The zero-order valence-corrected chi connectivity index (χ0v) is 17.7. The fraction of sp³-hybridized carbons (Fsp3) is 0.474. The number of halogens is 2. The third-order valence-corrected chi connectivity index (χ3v) is 6.71. The lowest BCUT2D eigenvalue weighted by atomic mass is 9.98. The van der Waals surface area contributed by atoms with E-state index in [1.807, 2.05) is 28.5 Å². The van der Waals surface area contributed by atoms with Crippen LogP contribution in [-0.4, -0.2) is 41.7 Å². The summed E-state index contributed by atoms with van der Waals surface area (Å²) in [7, 11) is 0. The number of nitrogens with two attached hydrogens (primary N) is 1. The normalized spacial score (nSPS) is 24.5. The Morgan fingerprint density at radius 2 is 2.04 bits per heavy atom. The van der Waals surface area contributed by atoms with Crippen molar-refractivity contribution in [2.75, 3.05) is 19.9 Å². The van der Waals surface area contributed by atoms with E-state index in [2.05, 4.69) is 4.98 Å². The second-order valence-corrected chi connectivity index (χ2v) is 8.21. The number of ether oxygens (including phenoxy) is 2. The van der Waals surface area contributed by atoms with Crippen molar-refractivity contribution in [1.29, 1.82) is 0 Å². The van der Waals surface area contributed by atoms with Gasteiger partial charge in [-0.05, 0) is 42.9 Å². The Morgan fingerprint density at radius 1 is 1.21 bits per heavy atom. The number of nitrogens with zero attached hydrogens (tertiary/aromatic N) is 2. The zero-order chi connectivity index (χ0) is 17.7. The van der Waals surface area contributed by atoms with Crippen molar-refractivity contribution < 1.29 is 14.3 Å². The minimum atomic E-state index is 0. The number of amides is 1. The molecule has 1 aromatic carbocycles. The minimum absolute atomic E-state index is 0. The highest BCUT2D eigenvalue weighted by molar-refractivity contribution is 7.13. The number of rotatable bonds is 3. The van der Waals surface area contributed by atoms with Gasteiger partial charge in [0.1, 0.15) is 5.01 Å². The first kappa shape index (κ1) is 21.2. The van der Waals surface area contributed by atoms with E-state index < -0.39 is 0 Å². The van der Waals surface area contributed by atoms with Gasteiger partial charge >= 0.3 is 0 Å². The van der Waals surface area contributed by atoms with Gasteiger partial charge in [0.05, 0.1) is 12.1 Å². The van der Waals surface area contributed by atoms with Crippen LogP contribution < -0.4 is 15.2 Å². The van der Waals surface area contributed by atoms with Gasteiger partial charge in [0.25, 0.3) is 0 Å². The van der Waals surface area contributed by atoms with Crippen LogP contribution >= 0.6 is 36.2 Å². The van der Waals surface area contributed by atoms with Crippen molar-refractivity contribution in [3.63, 3.8) is 0 Å². The standard InChI is InChI=1S/C19H21N3O3S.2ClH/c20-15-3-1-12-7-22(8-14(12)15)18(23)6-13-9-26-19(21-13)11-2-4-16-17(5-11)25-10-24-16;;/h2,4-5,9,12,14-15H,1,3,6-8,10,20H2;2*1H. The summed E-state index contributed by atoms with van der Waals surface area (Å²) < 4.78 is 10.8. The Bertz CT molecular complexity index is 863. The van der Waals surface area contributed by atoms with Crippen LogP contribution in [0.25, 0.3) is 10.6 Å². The Labute approximate surface area is 180 Å². The third-order valence-electron chi connectivity index (χ3n) is 5.77. The summed E-state index contributed by atoms with van der Waals surface area (Å²) in [5.41, 5.74) is 7.99. The predicted octanol–water partition coefficient (Wildman–Crippen LogP) is 3.12. The fourth-order valence-electron chi connectivity index (χ4n) is 4.33. The molecule has 1 amide bonds. The summed E-state index contributed by atoms with van der Waals surface area (Å²) in [6.07, 6.45) is 2.61. The number of hydrogen-bond donors (Lipinski definition) is 1. The van der Waals surface area contributed by atoms with E-state index in [0.29, 0.717) is 18.3 Å². The van der Waals surface area contributed by atoms with Crippen LogP contribution in [0.5, 0.6) is 11.5 Å². The van der Waals surface area contributed by atoms with E-state index in [-0.39, 0.29) is 43.6 Å². The SMILES string of the molecule is Cl.Cl.NC1CCC2CN(C(=O)Cc3csc(-c4ccc5c(c4)OCO5)n3)CC12. The molecule has 1 saturated heterocycles. The molecule has 2 N–H and O–H groups in total. The number of carbonyl (C=O) groups is 1. The number of thiazole rings is 1. The van der Waals surface area contributed by atoms with Crippen molar-refractivity contribution in [2.45, 2.75) is 25.3 Å². The molecule has 28 heavy (non-hydrogen) atoms. The zero-order valence-electron chi connectivity index (χ0n) is 15.2. The molecule has 0 spiro atoms. The van der Waals surface area contributed by atoms with Crippen LogP contribution in [0.3, 0.4) is 0 Å². The highest BCUT2D eigenvalue weighted by atomic mass is 35.5. The van der Waals surface area contributed by atoms with Gasteiger partial charge in [-0.25, -0.2) is 4.98 Å². The molecule has 0 radical (unpaired) electrons. The number of likely N-dealkylation sites (tertiary alicyclic amines) is 1. The molecule has 152 valence electrons. The third kappa shape index (κ3) is 3.81. The van der Waals surface area contributed by atoms with Crippen molar-refractivity contribution in [3.8, 4) is 22.1 Å². The van der Waals surface area contributed by atoms with E-state index >= 15 is 0 Å². The van der Waals surface area contributed by atoms with Crippen LogP contribution in [-0.2, 0) is 11.2 Å². The number of benzene rings is 1. The molecule has 3 aliphatic rings. The highest BCUT2D eigenvalue weighted by Crippen LogP contribution is 2.38. The van der Waals surface area contributed by atoms with Gasteiger partial charge in [-0.1, -0.05) is 0 Å². The Morgan fingerprint density at radius 3 is 2.86 bits per heavy atom. The fourth-order valence-corrected chi connectivity index (χ4v) is 5.14. The molecular formula is C19H23Cl2N3O3S. The van der Waals surface area contributed by atoms with Crippen LogP contribution in [0.2, 0.25) is 0 Å². The number of carbonyl (C=O) groups excluding carboxylic acids is 1. The van der Waals surface area contributed by atoms with Gasteiger partial charge in [0, 0.05) is 30.1 Å². The van der Waals surface area contributed by atoms with Crippen LogP contribution in [0.4, 0.5) is 0 Å². The van der Waals surface area contributed by atoms with Crippen molar-refractivity contribution in [1.82, 2.24) is 9.88 Å². The quantitative estimate of drug-likeness (QED) is 0.787. The molecular weight excluding hydrogens is 421 g/mol. The first-order valence-corrected chi connectivity index (χ1v) is 9.93. The molecule has 1 saturated carbocycles. The predicted molar refractivity (Wildman–Crippen MR) is 113 cm³/mol. The molecule has 3 atom stereocenters. The van der Waals surface area contributed by atoms with E-state index in [4.69, 9.17) is 15.2 Å². The highest BCUT2D eigenvalue weighted by Gasteiger charge is 2.42. The Kier molecular flexibility index (Phi) is 6.39. The van der Waals surface area contributed by atoms with Gasteiger partial charge in [-0.15, -0.1) is 36.2 Å². The molecule has 1 aliphatic carbocycles. The summed E-state index contributed by atoms with van der Waals surface area (Å²) in [6, 6.07) is 6.07. The summed E-state index contributed by atoms with van der Waals surface area (Å²) in [5.74, 6) is 2.75. The van der Waals surface area contributed by atoms with Gasteiger partial charge in [-0.3, -0.25) is 4.79 Å². The monoisotopic (exact) mass is 443 g/mol. The summed E-state index contributed by atoms with van der Waals surface area (Å²) in [5, 5.41) is 2.87. The first-order valence-electron chi connectivity index (χ1n) is 9.05. The Balaban J connectivity index is 0.00000112. The van der Waals surface area contributed by atoms with Crippen LogP contribution in [0.15, 0.2) is 23.6 Å². The molecule has 0 bridgehead atoms. The number of fused-ring (bicyclic) bond motifs is 2. The lowest BCUT2D eigenvalue weighted by molar-refractivity contribution is -0.129. The molecule has 3 unspecified atom stereocenters. The van der Waals surface area contributed by atoms with Crippen molar-refractivity contribution >= 4 is 42.1 Å². The van der Waals surface area contributed by atoms with Crippen molar-refractivity contribution in [3.05, 3.63) is 29.3 Å². The van der Waals surface area contributed by atoms with Gasteiger partial charge < -0.3 is 20.1 Å². The molecule has 3 heterocycles. The Hall–Kier alpha value is -1.54. The topological polar surface area (TPSA) is 77.7 Å². The van der Waals surface area contributed by atoms with E-state index in [1.165, 1.54) is 0 Å². The van der Waals surface area contributed by atoms with E-state index in [0.717, 1.165) is 53.7 Å². The maximum Gasteiger partial charge on any atom is 0.231 e. The number of hydrogen-bond acceptors (Lipinski definition) is 6. The molecule has 9 heteroatoms. The lowest BCUT2D eigenvalue weighted by Crippen LogP contribution is -2.34. The van der Waals surface area contributed by atoms with Crippen LogP contribution in [0.1, 0.15) is 18.5 Å². The average molecular weight is 444 g/mol. The first-order chi connectivity index (χ1) is 12.7. The molecule has 2 fully saturated rings. The average Bonchev–Trinajstić information content (AvgIpc) is 3.39. The summed E-state index contributed by atoms with van der Waals surface area (Å²) in [6.45, 7) is 1.93. The van der Waals surface area contributed by atoms with Gasteiger partial charge in [0.2, 0.25) is 12.7 Å². The summed E-state index contributed by atoms with van der Waals surface area (Å²) >= 11 is 1.55. The molecule has 5 rings (SSSR count). The maximum atomic E-state index is 12.7. The number of aromatic nitrogens is 1. The molecule has 1 aromatic heterocycles. The van der Waals surface area contributed by atoms with Crippen molar-refractivity contribution in [2.24, 2.45) is 17.6 Å². The molecule has 2 aromatic rings. The smallest absolute Gasteiger partial charge is 0.231 e. The van der Waals surface area contributed by atoms with E-state index in [1.54, 1.807) is 11.3 Å². The second-order valence-electron chi connectivity index (χ2n) is 7.35. The van der Waals surface area contributed by atoms with E-state index in [9.17, 15) is 4.79 Å². The van der Waals surface area contributed by atoms with Crippen LogP contribution in [0, 0.1) is 11.8 Å².